The average Bonchev–Trinajstić information content (AvgIpc) is 2.34. The molecule has 0 aromatic carbocycles. The average molecular weight is 293 g/mol. The number of nitrogens with one attached hydrogen (secondary N) is 1. The van der Waals surface area contributed by atoms with Gasteiger partial charge in [-0.1, -0.05) is 0 Å². The zero-order chi connectivity index (χ0) is 15.3. The van der Waals surface area contributed by atoms with Crippen LogP contribution in [0.25, 0.3) is 0 Å². The summed E-state index contributed by atoms with van der Waals surface area (Å²) in [6, 6.07) is 0. The number of aliphatic hydroxyl groups is 1. The Balaban J connectivity index is 2.46. The van der Waals surface area contributed by atoms with Crippen molar-refractivity contribution < 1.29 is 23.4 Å². The molecule has 0 fully saturated rings. The molecule has 6 nitrogen and oxygen atoms in total. The van der Waals surface area contributed by atoms with Gasteiger partial charge in [0.2, 0.25) is 0 Å². The largest absolute Gasteiger partial charge is 0.444 e. The van der Waals surface area contributed by atoms with Gasteiger partial charge in [-0.15, -0.1) is 0 Å². The fourth-order valence-electron chi connectivity index (χ4n) is 1.52. The van der Waals surface area contributed by atoms with Gasteiger partial charge in [0, 0.05) is 13.1 Å². The summed E-state index contributed by atoms with van der Waals surface area (Å²) in [5.74, 6) is 0.391. The number of rotatable bonds is 3. The molecular weight excluding hydrogens is 272 g/mol. The fraction of sp³-hybridized carbons (Fsp3) is 0.833. The van der Waals surface area contributed by atoms with Crippen LogP contribution in [-0.4, -0.2) is 66.2 Å². The van der Waals surface area contributed by atoms with Gasteiger partial charge in [0.15, 0.2) is 0 Å². The van der Waals surface area contributed by atoms with Crippen molar-refractivity contribution >= 4 is 11.9 Å². The van der Waals surface area contributed by atoms with Gasteiger partial charge in [-0.3, -0.25) is 9.89 Å². The second kappa shape index (κ2) is 6.83. The van der Waals surface area contributed by atoms with Gasteiger partial charge in [0.1, 0.15) is 17.5 Å². The standard InChI is InChI=1S/C12H21F2N3O3/c1-12(2,3)20-11(19)17-5-4-15-9(7-17)16-6-8(18)10(13)14/h8,10,18H,4-7H2,1-3H3,(H,15,16). The number of nitrogens with zero attached hydrogens (tertiary/aromatic N) is 2. The van der Waals surface area contributed by atoms with Crippen LogP contribution in [0, 0.1) is 0 Å². The Labute approximate surface area is 116 Å². The van der Waals surface area contributed by atoms with Crippen LogP contribution in [0.4, 0.5) is 13.6 Å². The van der Waals surface area contributed by atoms with E-state index in [0.717, 1.165) is 0 Å². The molecule has 2 N–H and O–H groups in total. The van der Waals surface area contributed by atoms with Crippen molar-refractivity contribution in [3.05, 3.63) is 0 Å². The van der Waals surface area contributed by atoms with E-state index in [4.69, 9.17) is 9.84 Å². The van der Waals surface area contributed by atoms with Gasteiger partial charge in [-0.25, -0.2) is 13.6 Å². The molecule has 1 unspecified atom stereocenters. The van der Waals surface area contributed by atoms with Crippen molar-refractivity contribution in [2.75, 3.05) is 26.2 Å². The third-order valence-corrected chi connectivity index (χ3v) is 2.47. The summed E-state index contributed by atoms with van der Waals surface area (Å²) in [6.07, 6.45) is -5.04. The third-order valence-electron chi connectivity index (χ3n) is 2.47. The SMILES string of the molecule is CC(C)(C)OC(=O)N1CCN=C(NCC(O)C(F)F)C1. The molecule has 1 rings (SSSR count). The lowest BCUT2D eigenvalue weighted by molar-refractivity contribution is -0.00119. The van der Waals surface area contributed by atoms with E-state index in [0.29, 0.717) is 18.9 Å². The molecule has 0 aliphatic carbocycles. The molecule has 0 saturated carbocycles. The topological polar surface area (TPSA) is 74.2 Å². The molecule has 1 heterocycles. The molecule has 0 spiro atoms. The number of carbonyl (C=O) groups is 1. The lowest BCUT2D eigenvalue weighted by atomic mass is 10.2. The second-order valence-corrected chi connectivity index (χ2v) is 5.51. The first-order valence-corrected chi connectivity index (χ1v) is 6.40. The molecule has 116 valence electrons. The minimum absolute atomic E-state index is 0.158. The monoisotopic (exact) mass is 293 g/mol. The van der Waals surface area contributed by atoms with Crippen molar-refractivity contribution in [2.24, 2.45) is 4.99 Å². The predicted molar refractivity (Wildman–Crippen MR) is 70.1 cm³/mol. The lowest BCUT2D eigenvalue weighted by Gasteiger charge is -2.30. The van der Waals surface area contributed by atoms with E-state index in [1.807, 2.05) is 0 Å². The number of ether oxygens (including phenoxy) is 1. The van der Waals surface area contributed by atoms with Crippen molar-refractivity contribution in [3.8, 4) is 0 Å². The molecule has 1 aliphatic heterocycles. The van der Waals surface area contributed by atoms with Crippen LogP contribution in [0.5, 0.6) is 0 Å². The normalized spacial score (nSPS) is 17.8. The maximum Gasteiger partial charge on any atom is 0.410 e. The summed E-state index contributed by atoms with van der Waals surface area (Å²) < 4.78 is 29.5. The van der Waals surface area contributed by atoms with Crippen molar-refractivity contribution in [2.45, 2.75) is 38.9 Å². The number of aliphatic imine (C=N–C) groups is 1. The zero-order valence-corrected chi connectivity index (χ0v) is 11.9. The highest BCUT2D eigenvalue weighted by Crippen LogP contribution is 2.11. The second-order valence-electron chi connectivity index (χ2n) is 5.51. The van der Waals surface area contributed by atoms with Crippen LogP contribution in [0.15, 0.2) is 4.99 Å². The van der Waals surface area contributed by atoms with Crippen LogP contribution in [0.1, 0.15) is 20.8 Å². The van der Waals surface area contributed by atoms with E-state index in [1.165, 1.54) is 4.90 Å². The van der Waals surface area contributed by atoms with Crippen LogP contribution in [0.2, 0.25) is 0 Å². The molecule has 0 aromatic rings. The number of amidine groups is 1. The van der Waals surface area contributed by atoms with Gasteiger partial charge >= 0.3 is 6.09 Å². The highest BCUT2D eigenvalue weighted by Gasteiger charge is 2.25. The van der Waals surface area contributed by atoms with Gasteiger partial charge in [0.25, 0.3) is 6.43 Å². The zero-order valence-electron chi connectivity index (χ0n) is 11.9. The number of alkyl halides is 2. The van der Waals surface area contributed by atoms with E-state index in [9.17, 15) is 13.6 Å². The number of carbonyl (C=O) groups excluding carboxylic acids is 1. The number of hydrogen-bond donors (Lipinski definition) is 2. The molecule has 1 amide bonds. The molecule has 20 heavy (non-hydrogen) atoms. The Morgan fingerprint density at radius 1 is 1.55 bits per heavy atom. The van der Waals surface area contributed by atoms with Crippen molar-refractivity contribution in [1.29, 1.82) is 0 Å². The van der Waals surface area contributed by atoms with Crippen molar-refractivity contribution in [3.63, 3.8) is 0 Å². The summed E-state index contributed by atoms with van der Waals surface area (Å²) in [5, 5.41) is 11.6. The lowest BCUT2D eigenvalue weighted by Crippen LogP contribution is -2.48. The van der Waals surface area contributed by atoms with Crippen LogP contribution in [0.3, 0.4) is 0 Å². The first-order chi connectivity index (χ1) is 9.19. The number of aliphatic hydroxyl groups excluding tert-OH is 1. The smallest absolute Gasteiger partial charge is 0.410 e. The minimum Gasteiger partial charge on any atom is -0.444 e. The first-order valence-electron chi connectivity index (χ1n) is 6.40. The van der Waals surface area contributed by atoms with Crippen LogP contribution in [-0.2, 0) is 4.74 Å². The molecule has 8 heteroatoms. The Morgan fingerprint density at radius 2 is 2.20 bits per heavy atom. The van der Waals surface area contributed by atoms with E-state index >= 15 is 0 Å². The summed E-state index contributed by atoms with van der Waals surface area (Å²) in [6.45, 7) is 5.93. The molecule has 0 radical (unpaired) electrons. The van der Waals surface area contributed by atoms with Gasteiger partial charge < -0.3 is 15.2 Å². The summed E-state index contributed by atoms with van der Waals surface area (Å²) in [5.41, 5.74) is -0.592. The Hall–Kier alpha value is -1.44. The van der Waals surface area contributed by atoms with Gasteiger partial charge in [0.05, 0.1) is 13.1 Å². The third kappa shape index (κ3) is 5.68. The van der Waals surface area contributed by atoms with Crippen LogP contribution >= 0.6 is 0 Å². The number of amides is 1. The summed E-state index contributed by atoms with van der Waals surface area (Å²) >= 11 is 0. The Bertz CT molecular complexity index is 369. The molecule has 1 aliphatic rings. The van der Waals surface area contributed by atoms with Gasteiger partial charge in [-0.05, 0) is 20.8 Å². The van der Waals surface area contributed by atoms with Crippen molar-refractivity contribution in [1.82, 2.24) is 10.2 Å². The highest BCUT2D eigenvalue weighted by molar-refractivity contribution is 5.87. The summed E-state index contributed by atoms with van der Waals surface area (Å²) in [4.78, 5) is 17.4. The number of hydrogen-bond acceptors (Lipinski definition) is 5. The molecule has 0 aromatic heterocycles. The first kappa shape index (κ1) is 16.6. The molecule has 1 atom stereocenters. The highest BCUT2D eigenvalue weighted by atomic mass is 19.3. The molecular formula is C12H21F2N3O3. The number of halogens is 2. The van der Waals surface area contributed by atoms with E-state index in [2.05, 4.69) is 10.3 Å². The Kier molecular flexibility index (Phi) is 5.67. The van der Waals surface area contributed by atoms with E-state index in [1.54, 1.807) is 20.8 Å². The Morgan fingerprint density at radius 3 is 2.75 bits per heavy atom. The van der Waals surface area contributed by atoms with Gasteiger partial charge in [-0.2, -0.15) is 0 Å². The summed E-state index contributed by atoms with van der Waals surface area (Å²) in [7, 11) is 0. The quantitative estimate of drug-likeness (QED) is 0.809. The maximum atomic E-state index is 12.2. The molecule has 0 bridgehead atoms. The maximum absolute atomic E-state index is 12.2. The van der Waals surface area contributed by atoms with E-state index < -0.39 is 24.2 Å². The minimum atomic E-state index is -2.81. The predicted octanol–water partition coefficient (Wildman–Crippen LogP) is 0.851. The molecule has 0 saturated heterocycles. The van der Waals surface area contributed by atoms with Crippen LogP contribution < -0.4 is 5.32 Å². The van der Waals surface area contributed by atoms with E-state index in [-0.39, 0.29) is 13.1 Å². The fourth-order valence-corrected chi connectivity index (χ4v) is 1.52.